The zero-order valence-corrected chi connectivity index (χ0v) is 12.7. The number of rotatable bonds is 3. The van der Waals surface area contributed by atoms with E-state index in [1.807, 2.05) is 28.8 Å². The van der Waals surface area contributed by atoms with Crippen molar-refractivity contribution in [3.8, 4) is 0 Å². The van der Waals surface area contributed by atoms with E-state index in [0.29, 0.717) is 6.54 Å². The topological polar surface area (TPSA) is 50.2 Å². The fraction of sp³-hybridized carbons (Fsp3) is 0.375. The highest BCUT2D eigenvalue weighted by molar-refractivity contribution is 6.03. The number of hydrogen-bond acceptors (Lipinski definition) is 3. The minimum absolute atomic E-state index is 0.00780. The van der Waals surface area contributed by atoms with E-state index < -0.39 is 0 Å². The van der Waals surface area contributed by atoms with Crippen LogP contribution < -0.4 is 10.2 Å². The van der Waals surface area contributed by atoms with Crippen LogP contribution in [0.1, 0.15) is 24.6 Å². The quantitative estimate of drug-likeness (QED) is 0.943. The Kier molecular flexibility index (Phi) is 3.41. The summed E-state index contributed by atoms with van der Waals surface area (Å²) in [6.07, 6.45) is 1.87. The monoisotopic (exact) mass is 284 g/mol. The first kappa shape index (κ1) is 13.7. The second-order valence-corrected chi connectivity index (χ2v) is 5.49. The van der Waals surface area contributed by atoms with Crippen LogP contribution in [0.2, 0.25) is 0 Å². The maximum absolute atomic E-state index is 12.1. The third kappa shape index (κ3) is 2.39. The number of hydrogen-bond donors (Lipinski definition) is 1. The molecule has 0 radical (unpaired) electrons. The van der Waals surface area contributed by atoms with Gasteiger partial charge in [0.05, 0.1) is 5.69 Å². The highest BCUT2D eigenvalue weighted by Crippen LogP contribution is 2.37. The predicted octanol–water partition coefficient (Wildman–Crippen LogP) is 2.77. The molecule has 0 fully saturated rings. The molecule has 5 nitrogen and oxygen atoms in total. The van der Waals surface area contributed by atoms with E-state index in [-0.39, 0.29) is 5.91 Å². The first-order chi connectivity index (χ1) is 10.1. The molecule has 0 unspecified atom stereocenters. The number of nitrogens with one attached hydrogen (secondary N) is 1. The molecule has 1 aliphatic heterocycles. The number of nitrogens with zero attached hydrogens (tertiary/aromatic N) is 3. The second kappa shape index (κ2) is 5.24. The molecule has 2 aromatic rings. The fourth-order valence-electron chi connectivity index (χ4n) is 2.75. The van der Waals surface area contributed by atoms with Gasteiger partial charge in [-0.2, -0.15) is 5.10 Å². The zero-order chi connectivity index (χ0) is 15.0. The van der Waals surface area contributed by atoms with E-state index in [1.54, 1.807) is 0 Å². The molecule has 1 amide bonds. The molecular formula is C16H20N4O. The van der Waals surface area contributed by atoms with Crippen LogP contribution in [0.4, 0.5) is 17.2 Å². The number of aromatic nitrogens is 2. The maximum Gasteiger partial charge on any atom is 0.244 e. The molecule has 1 aromatic carbocycles. The number of aryl methyl sites for hydroxylation is 3. The lowest BCUT2D eigenvalue weighted by Crippen LogP contribution is -2.36. The van der Waals surface area contributed by atoms with Crippen LogP contribution in [-0.2, 0) is 18.3 Å². The van der Waals surface area contributed by atoms with Gasteiger partial charge in [-0.3, -0.25) is 9.48 Å². The van der Waals surface area contributed by atoms with Crippen molar-refractivity contribution in [2.75, 3.05) is 16.8 Å². The number of carbonyl (C=O) groups excluding carboxylic acids is 1. The Morgan fingerprint density at radius 3 is 2.67 bits per heavy atom. The summed E-state index contributed by atoms with van der Waals surface area (Å²) in [5.41, 5.74) is 4.04. The summed E-state index contributed by atoms with van der Waals surface area (Å²) >= 11 is 0. The summed E-state index contributed by atoms with van der Waals surface area (Å²) in [7, 11) is 1.93. The standard InChI is InChI=1S/C16H20N4O/c1-4-5-13-15-16(19(3)18-13)20(10-14(21)17-15)12-8-6-11(2)7-9-12/h6-9H,4-5,10H2,1-3H3,(H,17,21). The summed E-state index contributed by atoms with van der Waals surface area (Å²) in [5, 5.41) is 7.55. The molecule has 1 aliphatic rings. The molecule has 0 atom stereocenters. The zero-order valence-electron chi connectivity index (χ0n) is 12.7. The third-order valence-corrected chi connectivity index (χ3v) is 3.74. The number of amides is 1. The van der Waals surface area contributed by atoms with E-state index in [2.05, 4.69) is 36.4 Å². The van der Waals surface area contributed by atoms with Gasteiger partial charge >= 0.3 is 0 Å². The largest absolute Gasteiger partial charge is 0.320 e. The van der Waals surface area contributed by atoms with Crippen LogP contribution in [0.3, 0.4) is 0 Å². The summed E-state index contributed by atoms with van der Waals surface area (Å²) in [6, 6.07) is 8.21. The normalized spacial score (nSPS) is 14.0. The Morgan fingerprint density at radius 2 is 2.00 bits per heavy atom. The van der Waals surface area contributed by atoms with Gasteiger partial charge in [-0.25, -0.2) is 0 Å². The van der Waals surface area contributed by atoms with Crippen LogP contribution in [-0.4, -0.2) is 22.2 Å². The van der Waals surface area contributed by atoms with Crippen molar-refractivity contribution in [1.82, 2.24) is 9.78 Å². The molecule has 1 aromatic heterocycles. The summed E-state index contributed by atoms with van der Waals surface area (Å²) in [5.74, 6) is 0.968. The molecule has 1 N–H and O–H groups in total. The Labute approximate surface area is 124 Å². The average molecular weight is 284 g/mol. The number of benzene rings is 1. The average Bonchev–Trinajstić information content (AvgIpc) is 2.76. The first-order valence-corrected chi connectivity index (χ1v) is 7.30. The Bertz CT molecular complexity index is 672. The second-order valence-electron chi connectivity index (χ2n) is 5.49. The van der Waals surface area contributed by atoms with Gasteiger partial charge in [-0.05, 0) is 25.5 Å². The van der Waals surface area contributed by atoms with Crippen molar-refractivity contribution >= 4 is 23.1 Å². The molecule has 0 aliphatic carbocycles. The molecule has 2 heterocycles. The Morgan fingerprint density at radius 1 is 1.29 bits per heavy atom. The number of carbonyl (C=O) groups is 1. The minimum Gasteiger partial charge on any atom is -0.320 e. The molecule has 110 valence electrons. The van der Waals surface area contributed by atoms with Crippen LogP contribution in [0.15, 0.2) is 24.3 Å². The molecule has 0 bridgehead atoms. The molecule has 0 saturated heterocycles. The molecule has 21 heavy (non-hydrogen) atoms. The van der Waals surface area contributed by atoms with Gasteiger partial charge < -0.3 is 10.2 Å². The SMILES string of the molecule is CCCc1nn(C)c2c1NC(=O)CN2c1ccc(C)cc1. The van der Waals surface area contributed by atoms with Crippen molar-refractivity contribution in [1.29, 1.82) is 0 Å². The Hall–Kier alpha value is -2.30. The van der Waals surface area contributed by atoms with Gasteiger partial charge in [0.1, 0.15) is 12.2 Å². The fourth-order valence-corrected chi connectivity index (χ4v) is 2.75. The maximum atomic E-state index is 12.1. The third-order valence-electron chi connectivity index (χ3n) is 3.74. The lowest BCUT2D eigenvalue weighted by Gasteiger charge is -2.29. The van der Waals surface area contributed by atoms with Gasteiger partial charge in [0.15, 0.2) is 5.82 Å². The van der Waals surface area contributed by atoms with Gasteiger partial charge in [-0.15, -0.1) is 0 Å². The van der Waals surface area contributed by atoms with Crippen LogP contribution in [0.5, 0.6) is 0 Å². The molecule has 3 rings (SSSR count). The number of fused-ring (bicyclic) bond motifs is 1. The van der Waals surface area contributed by atoms with Gasteiger partial charge in [-0.1, -0.05) is 31.0 Å². The minimum atomic E-state index is 0.00780. The smallest absolute Gasteiger partial charge is 0.244 e. The lowest BCUT2D eigenvalue weighted by atomic mass is 10.1. The van der Waals surface area contributed by atoms with Crippen molar-refractivity contribution in [2.45, 2.75) is 26.7 Å². The van der Waals surface area contributed by atoms with Crippen molar-refractivity contribution in [2.24, 2.45) is 7.05 Å². The van der Waals surface area contributed by atoms with E-state index in [0.717, 1.165) is 35.7 Å². The van der Waals surface area contributed by atoms with E-state index in [4.69, 9.17) is 0 Å². The van der Waals surface area contributed by atoms with Crippen LogP contribution >= 0.6 is 0 Å². The highest BCUT2D eigenvalue weighted by atomic mass is 16.2. The molecule has 0 saturated carbocycles. The predicted molar refractivity (Wildman–Crippen MR) is 84.0 cm³/mol. The summed E-state index contributed by atoms with van der Waals surface area (Å²) in [6.45, 7) is 4.49. The van der Waals surface area contributed by atoms with Crippen molar-refractivity contribution in [3.05, 3.63) is 35.5 Å². The molecule has 0 spiro atoms. The van der Waals surface area contributed by atoms with E-state index in [1.165, 1.54) is 5.56 Å². The first-order valence-electron chi connectivity index (χ1n) is 7.30. The summed E-state index contributed by atoms with van der Waals surface area (Å²) < 4.78 is 1.86. The van der Waals surface area contributed by atoms with Gasteiger partial charge in [0.25, 0.3) is 0 Å². The summed E-state index contributed by atoms with van der Waals surface area (Å²) in [4.78, 5) is 14.1. The highest BCUT2D eigenvalue weighted by Gasteiger charge is 2.29. The van der Waals surface area contributed by atoms with Crippen LogP contribution in [0.25, 0.3) is 0 Å². The van der Waals surface area contributed by atoms with E-state index >= 15 is 0 Å². The van der Waals surface area contributed by atoms with Gasteiger partial charge in [0.2, 0.25) is 5.91 Å². The van der Waals surface area contributed by atoms with E-state index in [9.17, 15) is 4.79 Å². The van der Waals surface area contributed by atoms with Crippen molar-refractivity contribution in [3.63, 3.8) is 0 Å². The molecule has 5 heteroatoms. The Balaban J connectivity index is 2.09. The van der Waals surface area contributed by atoms with Crippen LogP contribution in [0, 0.1) is 6.92 Å². The number of anilines is 3. The van der Waals surface area contributed by atoms with Gasteiger partial charge in [0, 0.05) is 12.7 Å². The lowest BCUT2D eigenvalue weighted by molar-refractivity contribution is -0.115. The molecular weight excluding hydrogens is 264 g/mol. The van der Waals surface area contributed by atoms with Crippen molar-refractivity contribution < 1.29 is 4.79 Å².